The molecule has 2 aromatic rings. The Morgan fingerprint density at radius 2 is 2.07 bits per heavy atom. The second kappa shape index (κ2) is 9.02. The van der Waals surface area contributed by atoms with Crippen LogP contribution in [-0.2, 0) is 4.74 Å². The van der Waals surface area contributed by atoms with Crippen molar-refractivity contribution >= 4 is 35.0 Å². The van der Waals surface area contributed by atoms with E-state index in [9.17, 15) is 9.59 Å². The van der Waals surface area contributed by atoms with E-state index in [-0.39, 0.29) is 5.91 Å². The minimum Gasteiger partial charge on any atom is -0.380 e. The first-order chi connectivity index (χ1) is 14.6. The molecule has 2 aliphatic heterocycles. The number of nitrogens with one attached hydrogen (secondary N) is 4. The molecule has 1 saturated heterocycles. The van der Waals surface area contributed by atoms with Gasteiger partial charge in [0.15, 0.2) is 0 Å². The molecule has 30 heavy (non-hydrogen) atoms. The van der Waals surface area contributed by atoms with Gasteiger partial charge < -0.3 is 31.4 Å². The Morgan fingerprint density at radius 1 is 1.23 bits per heavy atom. The monoisotopic (exact) mass is 410 g/mol. The standard InChI is InChI=1S/C21H26N6O3/c22-21(29)26-16-1-2-19-18(11-16)14(12-25-19)9-17-10-15(13-24-17)20(28)23-3-4-27-5-7-30-8-6-27/h1-2,9-11,13,24-25H,3-8,12H2,(H,23,28)(H3,22,26,29). The highest BCUT2D eigenvalue weighted by Crippen LogP contribution is 2.34. The molecule has 0 bridgehead atoms. The summed E-state index contributed by atoms with van der Waals surface area (Å²) in [5, 5.41) is 8.88. The molecule has 1 aromatic carbocycles. The topological polar surface area (TPSA) is 125 Å². The number of rotatable bonds is 6. The van der Waals surface area contributed by atoms with Crippen LogP contribution in [-0.4, -0.2) is 67.8 Å². The van der Waals surface area contributed by atoms with Gasteiger partial charge in [0.25, 0.3) is 5.91 Å². The fourth-order valence-corrected chi connectivity index (χ4v) is 3.67. The summed E-state index contributed by atoms with van der Waals surface area (Å²) in [6.07, 6.45) is 3.71. The third kappa shape index (κ3) is 4.81. The second-order valence-electron chi connectivity index (χ2n) is 7.33. The smallest absolute Gasteiger partial charge is 0.316 e. The summed E-state index contributed by atoms with van der Waals surface area (Å²) in [6, 6.07) is 6.83. The number of carbonyl (C=O) groups excluding carboxylic acids is 2. The number of H-pyrrole nitrogens is 1. The number of fused-ring (bicyclic) bond motifs is 1. The summed E-state index contributed by atoms with van der Waals surface area (Å²) in [5.74, 6) is -0.0953. The molecule has 0 radical (unpaired) electrons. The average molecular weight is 410 g/mol. The van der Waals surface area contributed by atoms with Gasteiger partial charge >= 0.3 is 6.03 Å². The van der Waals surface area contributed by atoms with Crippen molar-refractivity contribution in [2.45, 2.75) is 0 Å². The number of anilines is 2. The Kier molecular flexibility index (Phi) is 6.01. The van der Waals surface area contributed by atoms with Gasteiger partial charge in [-0.2, -0.15) is 0 Å². The van der Waals surface area contributed by atoms with Gasteiger partial charge in [0.05, 0.1) is 18.8 Å². The highest BCUT2D eigenvalue weighted by atomic mass is 16.5. The van der Waals surface area contributed by atoms with Crippen LogP contribution in [0.3, 0.4) is 0 Å². The van der Waals surface area contributed by atoms with E-state index in [2.05, 4.69) is 25.8 Å². The summed E-state index contributed by atoms with van der Waals surface area (Å²) in [6.45, 7) is 5.40. The summed E-state index contributed by atoms with van der Waals surface area (Å²) in [4.78, 5) is 29.0. The van der Waals surface area contributed by atoms with Gasteiger partial charge in [-0.15, -0.1) is 0 Å². The number of nitrogens with two attached hydrogens (primary N) is 1. The van der Waals surface area contributed by atoms with Gasteiger partial charge in [0, 0.05) is 61.6 Å². The number of nitrogens with zero attached hydrogens (tertiary/aromatic N) is 1. The summed E-state index contributed by atoms with van der Waals surface area (Å²) >= 11 is 0. The normalized spacial score (nSPS) is 17.4. The predicted octanol–water partition coefficient (Wildman–Crippen LogP) is 1.53. The molecule has 1 fully saturated rings. The van der Waals surface area contributed by atoms with Crippen LogP contribution in [0.4, 0.5) is 16.2 Å². The van der Waals surface area contributed by atoms with E-state index in [4.69, 9.17) is 10.5 Å². The Bertz CT molecular complexity index is 961. The van der Waals surface area contributed by atoms with E-state index >= 15 is 0 Å². The number of amides is 3. The van der Waals surface area contributed by atoms with Crippen molar-refractivity contribution < 1.29 is 14.3 Å². The first kappa shape index (κ1) is 20.0. The van der Waals surface area contributed by atoms with Crippen LogP contribution in [0, 0.1) is 0 Å². The van der Waals surface area contributed by atoms with Gasteiger partial charge in [-0.05, 0) is 35.9 Å². The number of benzene rings is 1. The number of urea groups is 1. The van der Waals surface area contributed by atoms with Crippen LogP contribution in [0.2, 0.25) is 0 Å². The molecule has 0 atom stereocenters. The number of ether oxygens (including phenoxy) is 1. The van der Waals surface area contributed by atoms with E-state index in [0.717, 1.165) is 55.4 Å². The maximum absolute atomic E-state index is 12.4. The van der Waals surface area contributed by atoms with Crippen molar-refractivity contribution in [1.82, 2.24) is 15.2 Å². The Labute approximate surface area is 174 Å². The van der Waals surface area contributed by atoms with Gasteiger partial charge in [0.1, 0.15) is 0 Å². The molecule has 1 aromatic heterocycles. The molecule has 9 heteroatoms. The molecular weight excluding hydrogens is 384 g/mol. The molecule has 3 amide bonds. The van der Waals surface area contributed by atoms with Gasteiger partial charge in [0.2, 0.25) is 0 Å². The maximum atomic E-state index is 12.4. The highest BCUT2D eigenvalue weighted by Gasteiger charge is 2.17. The zero-order chi connectivity index (χ0) is 20.9. The fraction of sp³-hybridized carbons (Fsp3) is 0.333. The quantitative estimate of drug-likeness (QED) is 0.494. The van der Waals surface area contributed by atoms with Crippen molar-refractivity contribution in [2.75, 3.05) is 56.6 Å². The molecule has 3 heterocycles. The van der Waals surface area contributed by atoms with Crippen LogP contribution in [0.5, 0.6) is 0 Å². The molecule has 158 valence electrons. The van der Waals surface area contributed by atoms with Gasteiger partial charge in [-0.1, -0.05) is 0 Å². The van der Waals surface area contributed by atoms with Crippen molar-refractivity contribution in [3.05, 3.63) is 47.3 Å². The lowest BCUT2D eigenvalue weighted by molar-refractivity contribution is 0.0383. The van der Waals surface area contributed by atoms with E-state index in [1.165, 1.54) is 0 Å². The third-order valence-electron chi connectivity index (χ3n) is 5.22. The van der Waals surface area contributed by atoms with E-state index < -0.39 is 6.03 Å². The fourth-order valence-electron chi connectivity index (χ4n) is 3.67. The molecule has 2 aliphatic rings. The van der Waals surface area contributed by atoms with Crippen LogP contribution >= 0.6 is 0 Å². The number of aromatic nitrogens is 1. The minimum absolute atomic E-state index is 0.0953. The number of primary amides is 1. The largest absolute Gasteiger partial charge is 0.380 e. The van der Waals surface area contributed by atoms with Crippen LogP contribution in [0.15, 0.2) is 30.5 Å². The number of morpholine rings is 1. The number of carbonyl (C=O) groups is 2. The molecule has 9 nitrogen and oxygen atoms in total. The molecule has 6 N–H and O–H groups in total. The van der Waals surface area contributed by atoms with E-state index in [0.29, 0.717) is 24.3 Å². The van der Waals surface area contributed by atoms with Gasteiger partial charge in [-0.25, -0.2) is 4.79 Å². The Hall–Kier alpha value is -3.30. The van der Waals surface area contributed by atoms with E-state index in [1.54, 1.807) is 12.3 Å². The molecule has 0 spiro atoms. The first-order valence-electron chi connectivity index (χ1n) is 10.0. The lowest BCUT2D eigenvalue weighted by Gasteiger charge is -2.26. The Morgan fingerprint density at radius 3 is 2.87 bits per heavy atom. The molecular formula is C21H26N6O3. The minimum atomic E-state index is -0.597. The lowest BCUT2D eigenvalue weighted by Crippen LogP contribution is -2.41. The number of hydrogen-bond donors (Lipinski definition) is 5. The molecule has 4 rings (SSSR count). The van der Waals surface area contributed by atoms with E-state index in [1.807, 2.05) is 24.3 Å². The molecule has 0 unspecified atom stereocenters. The summed E-state index contributed by atoms with van der Waals surface area (Å²) in [7, 11) is 0. The second-order valence-corrected chi connectivity index (χ2v) is 7.33. The van der Waals surface area contributed by atoms with Crippen molar-refractivity contribution in [3.63, 3.8) is 0 Å². The third-order valence-corrected chi connectivity index (χ3v) is 5.22. The molecule has 0 aliphatic carbocycles. The maximum Gasteiger partial charge on any atom is 0.316 e. The number of aromatic amines is 1. The summed E-state index contributed by atoms with van der Waals surface area (Å²) < 4.78 is 5.33. The predicted molar refractivity (Wildman–Crippen MR) is 116 cm³/mol. The lowest BCUT2D eigenvalue weighted by atomic mass is 10.1. The summed E-state index contributed by atoms with van der Waals surface area (Å²) in [5.41, 5.74) is 10.3. The zero-order valence-corrected chi connectivity index (χ0v) is 16.7. The van der Waals surface area contributed by atoms with Crippen LogP contribution < -0.4 is 21.7 Å². The SMILES string of the molecule is NC(=O)Nc1ccc2c(c1)C(=Cc1cc(C(=O)NCCN3CCOCC3)c[nH]1)CN2. The van der Waals surface area contributed by atoms with Gasteiger partial charge in [-0.3, -0.25) is 9.69 Å². The van der Waals surface area contributed by atoms with Crippen molar-refractivity contribution in [1.29, 1.82) is 0 Å². The van der Waals surface area contributed by atoms with Crippen LogP contribution in [0.25, 0.3) is 11.6 Å². The first-order valence-corrected chi connectivity index (χ1v) is 10.0. The zero-order valence-electron chi connectivity index (χ0n) is 16.7. The number of hydrogen-bond acceptors (Lipinski definition) is 5. The molecule has 0 saturated carbocycles. The highest BCUT2D eigenvalue weighted by molar-refractivity contribution is 5.98. The average Bonchev–Trinajstić information content (AvgIpc) is 3.36. The van der Waals surface area contributed by atoms with Crippen LogP contribution in [0.1, 0.15) is 21.6 Å². The van der Waals surface area contributed by atoms with Crippen molar-refractivity contribution in [3.8, 4) is 0 Å². The van der Waals surface area contributed by atoms with Crippen molar-refractivity contribution in [2.24, 2.45) is 5.73 Å². The Balaban J connectivity index is 1.38.